The number of aryl methyl sites for hydroxylation is 2. The minimum absolute atomic E-state index is 0.0357. The maximum Gasteiger partial charge on any atom is 0.351 e. The highest BCUT2D eigenvalue weighted by Gasteiger charge is 2.29. The number of esters is 1. The van der Waals surface area contributed by atoms with Crippen LogP contribution in [0.5, 0.6) is 11.5 Å². The van der Waals surface area contributed by atoms with Crippen molar-refractivity contribution in [2.75, 3.05) is 18.5 Å². The minimum atomic E-state index is -0.907. The molecule has 4 rings (SSSR count). The average Bonchev–Trinajstić information content (AvgIpc) is 3.08. The van der Waals surface area contributed by atoms with Crippen molar-refractivity contribution in [2.45, 2.75) is 20.0 Å². The van der Waals surface area contributed by atoms with Gasteiger partial charge in [0.15, 0.2) is 23.2 Å². The third kappa shape index (κ3) is 3.77. The number of nitrogens with one attached hydrogen (secondary N) is 1. The summed E-state index contributed by atoms with van der Waals surface area (Å²) in [6.07, 6.45) is -0.907. The van der Waals surface area contributed by atoms with E-state index in [0.717, 1.165) is 21.3 Å². The largest absolute Gasteiger partial charge is 0.485 e. The van der Waals surface area contributed by atoms with Crippen molar-refractivity contribution in [3.8, 4) is 11.5 Å². The maximum atomic E-state index is 12.2. The number of thiazole rings is 1. The van der Waals surface area contributed by atoms with Gasteiger partial charge in [0.25, 0.3) is 5.91 Å². The molecule has 1 N–H and O–H groups in total. The zero-order valence-electron chi connectivity index (χ0n) is 15.4. The molecule has 2 heterocycles. The number of aromatic nitrogens is 1. The standard InChI is InChI=1S/C20H18N2O5S/c1-11-7-12(2)18-16(8-11)28-20(22-18)21-17(23)10-26-19(24)15-9-25-13-5-3-4-6-14(13)27-15/h3-8,15H,9-10H2,1-2H3,(H,21,22,23)/t15-/m0/s1. The molecule has 7 nitrogen and oxygen atoms in total. The predicted octanol–water partition coefficient (Wildman–Crippen LogP) is 3.23. The topological polar surface area (TPSA) is 86.8 Å². The smallest absolute Gasteiger partial charge is 0.351 e. The number of carbonyl (C=O) groups is 2. The van der Waals surface area contributed by atoms with E-state index < -0.39 is 24.6 Å². The fourth-order valence-corrected chi connectivity index (χ4v) is 4.00. The summed E-state index contributed by atoms with van der Waals surface area (Å²) in [5.74, 6) is -0.0646. The highest BCUT2D eigenvalue weighted by molar-refractivity contribution is 7.22. The number of rotatable bonds is 4. The number of carbonyl (C=O) groups excluding carboxylic acids is 2. The number of para-hydroxylation sites is 2. The Balaban J connectivity index is 1.33. The summed E-state index contributed by atoms with van der Waals surface area (Å²) in [6, 6.07) is 11.1. The lowest BCUT2D eigenvalue weighted by atomic mass is 10.1. The molecule has 0 aliphatic carbocycles. The van der Waals surface area contributed by atoms with Gasteiger partial charge in [-0.1, -0.05) is 29.5 Å². The van der Waals surface area contributed by atoms with Gasteiger partial charge < -0.3 is 14.2 Å². The van der Waals surface area contributed by atoms with Crippen molar-refractivity contribution in [3.05, 3.63) is 47.5 Å². The summed E-state index contributed by atoms with van der Waals surface area (Å²) in [5, 5.41) is 3.14. The van der Waals surface area contributed by atoms with Gasteiger partial charge in [0.1, 0.15) is 6.61 Å². The zero-order valence-corrected chi connectivity index (χ0v) is 16.2. The lowest BCUT2D eigenvalue weighted by molar-refractivity contribution is -0.156. The van der Waals surface area contributed by atoms with Crippen molar-refractivity contribution in [1.82, 2.24) is 4.98 Å². The predicted molar refractivity (Wildman–Crippen MR) is 105 cm³/mol. The summed E-state index contributed by atoms with van der Waals surface area (Å²) in [4.78, 5) is 28.7. The Bertz CT molecular complexity index is 1060. The molecule has 28 heavy (non-hydrogen) atoms. The molecule has 144 valence electrons. The van der Waals surface area contributed by atoms with Crippen molar-refractivity contribution in [3.63, 3.8) is 0 Å². The minimum Gasteiger partial charge on any atom is -0.485 e. The van der Waals surface area contributed by atoms with Gasteiger partial charge >= 0.3 is 5.97 Å². The van der Waals surface area contributed by atoms with Crippen LogP contribution in [0.2, 0.25) is 0 Å². The Hall–Kier alpha value is -3.13. The van der Waals surface area contributed by atoms with E-state index in [4.69, 9.17) is 14.2 Å². The van der Waals surface area contributed by atoms with Gasteiger partial charge in [-0.3, -0.25) is 10.1 Å². The fourth-order valence-electron chi connectivity index (χ4n) is 2.94. The monoisotopic (exact) mass is 398 g/mol. The first kappa shape index (κ1) is 18.2. The van der Waals surface area contributed by atoms with E-state index in [9.17, 15) is 9.59 Å². The van der Waals surface area contributed by atoms with E-state index in [2.05, 4.69) is 10.3 Å². The maximum absolute atomic E-state index is 12.2. The van der Waals surface area contributed by atoms with Gasteiger partial charge in [-0.25, -0.2) is 9.78 Å². The van der Waals surface area contributed by atoms with E-state index >= 15 is 0 Å². The molecule has 1 atom stereocenters. The molecule has 0 spiro atoms. The second kappa shape index (κ2) is 7.47. The second-order valence-corrected chi connectivity index (χ2v) is 7.50. The van der Waals surface area contributed by atoms with Gasteiger partial charge in [-0.05, 0) is 43.2 Å². The zero-order chi connectivity index (χ0) is 19.7. The molecule has 1 aliphatic rings. The van der Waals surface area contributed by atoms with Gasteiger partial charge in [0.05, 0.1) is 10.2 Å². The Morgan fingerprint density at radius 1 is 1.25 bits per heavy atom. The van der Waals surface area contributed by atoms with E-state index in [1.54, 1.807) is 18.2 Å². The van der Waals surface area contributed by atoms with Crippen LogP contribution in [-0.4, -0.2) is 36.2 Å². The number of anilines is 1. The average molecular weight is 398 g/mol. The molecular weight excluding hydrogens is 380 g/mol. The first-order chi connectivity index (χ1) is 13.5. The van der Waals surface area contributed by atoms with Gasteiger partial charge in [0, 0.05) is 0 Å². The van der Waals surface area contributed by atoms with Crippen molar-refractivity contribution in [1.29, 1.82) is 0 Å². The van der Waals surface area contributed by atoms with Gasteiger partial charge in [-0.15, -0.1) is 0 Å². The summed E-state index contributed by atoms with van der Waals surface area (Å²) in [5.41, 5.74) is 3.04. The van der Waals surface area contributed by atoms with Crippen LogP contribution in [-0.2, 0) is 14.3 Å². The molecule has 2 aromatic carbocycles. The number of benzene rings is 2. The van der Waals surface area contributed by atoms with Crippen LogP contribution in [0.15, 0.2) is 36.4 Å². The van der Waals surface area contributed by atoms with E-state index in [1.165, 1.54) is 11.3 Å². The number of nitrogens with zero attached hydrogens (tertiary/aromatic N) is 1. The first-order valence-corrected chi connectivity index (χ1v) is 9.54. The normalized spacial score (nSPS) is 15.3. The van der Waals surface area contributed by atoms with Crippen LogP contribution in [0.3, 0.4) is 0 Å². The Kier molecular flexibility index (Phi) is 4.87. The number of ether oxygens (including phenoxy) is 3. The van der Waals surface area contributed by atoms with E-state index in [0.29, 0.717) is 16.6 Å². The first-order valence-electron chi connectivity index (χ1n) is 8.72. The summed E-state index contributed by atoms with van der Waals surface area (Å²) < 4.78 is 17.1. The molecule has 1 amide bonds. The highest BCUT2D eigenvalue weighted by atomic mass is 32.1. The Morgan fingerprint density at radius 2 is 2.04 bits per heavy atom. The third-order valence-corrected chi connectivity index (χ3v) is 5.11. The molecule has 0 bridgehead atoms. The molecule has 0 radical (unpaired) electrons. The molecule has 1 aromatic heterocycles. The van der Waals surface area contributed by atoms with Crippen LogP contribution < -0.4 is 14.8 Å². The van der Waals surface area contributed by atoms with Gasteiger partial charge in [0.2, 0.25) is 6.10 Å². The Labute approximate surface area is 165 Å². The second-order valence-electron chi connectivity index (χ2n) is 6.47. The summed E-state index contributed by atoms with van der Waals surface area (Å²) in [7, 11) is 0. The van der Waals surface area contributed by atoms with Crippen LogP contribution >= 0.6 is 11.3 Å². The number of hydrogen-bond donors (Lipinski definition) is 1. The van der Waals surface area contributed by atoms with Gasteiger partial charge in [-0.2, -0.15) is 0 Å². The van der Waals surface area contributed by atoms with E-state index in [1.807, 2.05) is 32.0 Å². The van der Waals surface area contributed by atoms with Crippen LogP contribution in [0.4, 0.5) is 5.13 Å². The molecule has 1 aliphatic heterocycles. The Morgan fingerprint density at radius 3 is 2.86 bits per heavy atom. The van der Waals surface area contributed by atoms with Crippen LogP contribution in [0.25, 0.3) is 10.2 Å². The van der Waals surface area contributed by atoms with Crippen molar-refractivity contribution in [2.24, 2.45) is 0 Å². The molecule has 0 saturated heterocycles. The molecule has 0 fully saturated rings. The number of fused-ring (bicyclic) bond motifs is 2. The molecular formula is C20H18N2O5S. The molecule has 3 aromatic rings. The number of amides is 1. The van der Waals surface area contributed by atoms with Crippen LogP contribution in [0.1, 0.15) is 11.1 Å². The quantitative estimate of drug-likeness (QED) is 0.679. The summed E-state index contributed by atoms with van der Waals surface area (Å²) >= 11 is 1.38. The lowest BCUT2D eigenvalue weighted by Crippen LogP contribution is -2.39. The van der Waals surface area contributed by atoms with E-state index in [-0.39, 0.29) is 6.61 Å². The van der Waals surface area contributed by atoms with Crippen LogP contribution in [0, 0.1) is 13.8 Å². The molecule has 0 saturated carbocycles. The molecule has 8 heteroatoms. The highest BCUT2D eigenvalue weighted by Crippen LogP contribution is 2.31. The lowest BCUT2D eigenvalue weighted by Gasteiger charge is -2.24. The van der Waals surface area contributed by atoms with Crippen molar-refractivity contribution < 1.29 is 23.8 Å². The molecule has 0 unspecified atom stereocenters. The SMILES string of the molecule is Cc1cc(C)c2nc(NC(=O)COC(=O)[C@@H]3COc4ccccc4O3)sc2c1. The fraction of sp³-hybridized carbons (Fsp3) is 0.250. The summed E-state index contributed by atoms with van der Waals surface area (Å²) in [6.45, 7) is 3.61. The third-order valence-electron chi connectivity index (χ3n) is 4.19. The van der Waals surface area contributed by atoms with Crippen molar-refractivity contribution >= 4 is 38.6 Å². The number of hydrogen-bond acceptors (Lipinski definition) is 7.